The van der Waals surface area contributed by atoms with Crippen LogP contribution in [0.25, 0.3) is 10.6 Å². The largest absolute Gasteiger partial charge is 0.476 e. The van der Waals surface area contributed by atoms with Gasteiger partial charge < -0.3 is 10.8 Å². The Bertz CT molecular complexity index is 551. The molecule has 0 radical (unpaired) electrons. The predicted molar refractivity (Wildman–Crippen MR) is 61.5 cm³/mol. The van der Waals surface area contributed by atoms with Crippen molar-refractivity contribution in [3.63, 3.8) is 0 Å². The summed E-state index contributed by atoms with van der Waals surface area (Å²) in [5, 5.41) is 8.86. The Kier molecular flexibility index (Phi) is 2.57. The molecule has 0 fully saturated rings. The van der Waals surface area contributed by atoms with Gasteiger partial charge >= 0.3 is 5.97 Å². The summed E-state index contributed by atoms with van der Waals surface area (Å²) in [6.45, 7) is 1.97. The molecule has 2 aromatic heterocycles. The third-order valence-electron chi connectivity index (χ3n) is 2.00. The van der Waals surface area contributed by atoms with E-state index in [0.29, 0.717) is 5.69 Å². The Morgan fingerprint density at radius 1 is 1.50 bits per heavy atom. The summed E-state index contributed by atoms with van der Waals surface area (Å²) in [5.74, 6) is -1.23. The lowest BCUT2D eigenvalue weighted by atomic mass is 10.3. The first-order chi connectivity index (χ1) is 7.58. The number of nitrogens with two attached hydrogens (primary N) is 1. The summed E-state index contributed by atoms with van der Waals surface area (Å²) in [6, 6.07) is 3.82. The second-order valence-corrected chi connectivity index (χ2v) is 4.49. The zero-order chi connectivity index (χ0) is 11.7. The van der Waals surface area contributed by atoms with E-state index in [1.54, 1.807) is 0 Å². The van der Waals surface area contributed by atoms with Gasteiger partial charge in [-0.2, -0.15) is 0 Å². The Balaban J connectivity index is 2.51. The predicted octanol–water partition coefficient (Wildman–Crippen LogP) is 1.79. The van der Waals surface area contributed by atoms with E-state index in [2.05, 4.69) is 9.97 Å². The summed E-state index contributed by atoms with van der Waals surface area (Å²) in [6.07, 6.45) is 1.48. The first-order valence-corrected chi connectivity index (χ1v) is 5.32. The van der Waals surface area contributed by atoms with E-state index in [0.717, 1.165) is 9.75 Å². The number of nitrogens with zero attached hydrogens (tertiary/aromatic N) is 2. The minimum atomic E-state index is -1.17. The van der Waals surface area contributed by atoms with Gasteiger partial charge in [0.25, 0.3) is 0 Å². The van der Waals surface area contributed by atoms with Gasteiger partial charge in [-0.25, -0.2) is 14.8 Å². The Morgan fingerprint density at radius 2 is 2.25 bits per heavy atom. The summed E-state index contributed by atoms with van der Waals surface area (Å²) in [5.41, 5.74) is 5.75. The van der Waals surface area contributed by atoms with E-state index >= 15 is 0 Å². The van der Waals surface area contributed by atoms with Gasteiger partial charge in [-0.05, 0) is 19.1 Å². The molecule has 6 heteroatoms. The minimum Gasteiger partial charge on any atom is -0.476 e. The number of rotatable bonds is 2. The van der Waals surface area contributed by atoms with E-state index < -0.39 is 5.97 Å². The molecule has 0 atom stereocenters. The van der Waals surface area contributed by atoms with Crippen LogP contribution in [0.4, 0.5) is 5.82 Å². The molecule has 0 saturated carbocycles. The number of hydrogen-bond donors (Lipinski definition) is 2. The number of thiophene rings is 1. The third-order valence-corrected chi connectivity index (χ3v) is 3.02. The fourth-order valence-electron chi connectivity index (χ4n) is 1.25. The molecule has 0 bridgehead atoms. The molecule has 0 amide bonds. The Hall–Kier alpha value is -1.95. The highest BCUT2D eigenvalue weighted by Gasteiger charge is 2.13. The van der Waals surface area contributed by atoms with Crippen LogP contribution in [-0.2, 0) is 0 Å². The van der Waals surface area contributed by atoms with Gasteiger partial charge in [-0.1, -0.05) is 0 Å². The summed E-state index contributed by atoms with van der Waals surface area (Å²) < 4.78 is 0. The number of carboxylic acids is 1. The third kappa shape index (κ3) is 1.87. The maximum atomic E-state index is 10.8. The van der Waals surface area contributed by atoms with Crippen molar-refractivity contribution in [1.82, 2.24) is 9.97 Å². The van der Waals surface area contributed by atoms with Crippen molar-refractivity contribution in [2.75, 3.05) is 5.73 Å². The SMILES string of the molecule is Cc1ccc(-c2cnc(N)c(C(=O)O)n2)s1. The van der Waals surface area contributed by atoms with Crippen molar-refractivity contribution in [1.29, 1.82) is 0 Å². The topological polar surface area (TPSA) is 89.1 Å². The highest BCUT2D eigenvalue weighted by Crippen LogP contribution is 2.26. The van der Waals surface area contributed by atoms with Crippen LogP contribution in [0, 0.1) is 6.92 Å². The summed E-state index contributed by atoms with van der Waals surface area (Å²) in [7, 11) is 0. The van der Waals surface area contributed by atoms with Gasteiger partial charge in [0, 0.05) is 4.88 Å². The Morgan fingerprint density at radius 3 is 2.81 bits per heavy atom. The minimum absolute atomic E-state index is 0.0653. The van der Waals surface area contributed by atoms with E-state index in [1.807, 2.05) is 19.1 Å². The molecule has 5 nitrogen and oxygen atoms in total. The van der Waals surface area contributed by atoms with Crippen LogP contribution in [0.15, 0.2) is 18.3 Å². The van der Waals surface area contributed by atoms with Gasteiger partial charge in [0.05, 0.1) is 16.8 Å². The number of aromatic carboxylic acids is 1. The first kappa shape index (κ1) is 10.6. The van der Waals surface area contributed by atoms with E-state index in [-0.39, 0.29) is 11.5 Å². The van der Waals surface area contributed by atoms with Gasteiger partial charge in [0.15, 0.2) is 11.5 Å². The van der Waals surface area contributed by atoms with Crippen molar-refractivity contribution in [3.05, 3.63) is 28.9 Å². The molecular formula is C10H9N3O2S. The molecule has 3 N–H and O–H groups in total. The molecular weight excluding hydrogens is 226 g/mol. The molecule has 16 heavy (non-hydrogen) atoms. The lowest BCUT2D eigenvalue weighted by Gasteiger charge is -2.01. The van der Waals surface area contributed by atoms with Crippen molar-refractivity contribution in [2.24, 2.45) is 0 Å². The smallest absolute Gasteiger partial charge is 0.358 e. The van der Waals surface area contributed by atoms with Crippen molar-refractivity contribution >= 4 is 23.1 Å². The number of anilines is 1. The first-order valence-electron chi connectivity index (χ1n) is 4.50. The quantitative estimate of drug-likeness (QED) is 0.828. The standard InChI is InChI=1S/C10H9N3O2S/c1-5-2-3-7(16-5)6-4-12-9(11)8(13-6)10(14)15/h2-4H,1H3,(H2,11,12)(H,14,15). The lowest BCUT2D eigenvalue weighted by molar-refractivity contribution is 0.0691. The highest BCUT2D eigenvalue weighted by molar-refractivity contribution is 7.15. The van der Waals surface area contributed by atoms with Crippen LogP contribution in [0.1, 0.15) is 15.4 Å². The summed E-state index contributed by atoms with van der Waals surface area (Å²) in [4.78, 5) is 20.6. The van der Waals surface area contributed by atoms with Crippen LogP contribution < -0.4 is 5.73 Å². The van der Waals surface area contributed by atoms with Crippen molar-refractivity contribution < 1.29 is 9.90 Å². The van der Waals surface area contributed by atoms with E-state index in [1.165, 1.54) is 17.5 Å². The molecule has 0 spiro atoms. The molecule has 0 aromatic carbocycles. The zero-order valence-electron chi connectivity index (χ0n) is 8.47. The fraction of sp³-hybridized carbons (Fsp3) is 0.100. The van der Waals surface area contributed by atoms with Crippen molar-refractivity contribution in [2.45, 2.75) is 6.92 Å². The molecule has 2 heterocycles. The summed E-state index contributed by atoms with van der Waals surface area (Å²) >= 11 is 1.53. The van der Waals surface area contributed by atoms with Crippen LogP contribution in [0.5, 0.6) is 0 Å². The maximum absolute atomic E-state index is 10.8. The second-order valence-electron chi connectivity index (χ2n) is 3.20. The van der Waals surface area contributed by atoms with Gasteiger partial charge in [0.2, 0.25) is 0 Å². The Labute approximate surface area is 95.6 Å². The molecule has 82 valence electrons. The van der Waals surface area contributed by atoms with Crippen LogP contribution in [0.2, 0.25) is 0 Å². The van der Waals surface area contributed by atoms with Gasteiger partial charge in [0.1, 0.15) is 0 Å². The molecule has 0 aliphatic carbocycles. The van der Waals surface area contributed by atoms with Gasteiger partial charge in [-0.3, -0.25) is 0 Å². The maximum Gasteiger partial charge on any atom is 0.358 e. The van der Waals surface area contributed by atoms with E-state index in [4.69, 9.17) is 10.8 Å². The molecule has 0 aliphatic heterocycles. The number of aromatic nitrogens is 2. The number of carbonyl (C=O) groups is 1. The normalized spacial score (nSPS) is 10.3. The van der Waals surface area contributed by atoms with Gasteiger partial charge in [-0.15, -0.1) is 11.3 Å². The average Bonchev–Trinajstić information content (AvgIpc) is 2.65. The highest BCUT2D eigenvalue weighted by atomic mass is 32.1. The molecule has 0 unspecified atom stereocenters. The number of carboxylic acid groups (broad SMARTS) is 1. The number of nitrogen functional groups attached to an aromatic ring is 1. The molecule has 0 saturated heterocycles. The lowest BCUT2D eigenvalue weighted by Crippen LogP contribution is -2.07. The van der Waals surface area contributed by atoms with Crippen LogP contribution in [0.3, 0.4) is 0 Å². The van der Waals surface area contributed by atoms with E-state index in [9.17, 15) is 4.79 Å². The molecule has 2 rings (SSSR count). The molecule has 0 aliphatic rings. The molecule has 2 aromatic rings. The number of hydrogen-bond acceptors (Lipinski definition) is 5. The fourth-order valence-corrected chi connectivity index (χ4v) is 2.07. The monoisotopic (exact) mass is 235 g/mol. The zero-order valence-corrected chi connectivity index (χ0v) is 9.28. The second kappa shape index (κ2) is 3.90. The number of aryl methyl sites for hydroxylation is 1. The van der Waals surface area contributed by atoms with Crippen molar-refractivity contribution in [3.8, 4) is 10.6 Å². The van der Waals surface area contributed by atoms with Crippen LogP contribution in [-0.4, -0.2) is 21.0 Å². The van der Waals surface area contributed by atoms with Crippen LogP contribution >= 0.6 is 11.3 Å². The average molecular weight is 235 g/mol.